The van der Waals surface area contributed by atoms with Crippen LogP contribution in [0.5, 0.6) is 11.5 Å². The second-order valence-corrected chi connectivity index (χ2v) is 9.23. The lowest BCUT2D eigenvalue weighted by molar-refractivity contribution is -0.118. The van der Waals surface area contributed by atoms with Gasteiger partial charge in [-0.3, -0.25) is 4.79 Å². The Hall–Kier alpha value is -3.22. The average molecular weight is 509 g/mol. The molecule has 3 aromatic rings. The highest BCUT2D eigenvalue weighted by atomic mass is 35.5. The summed E-state index contributed by atoms with van der Waals surface area (Å²) in [5, 5.41) is 4.78. The molecular formula is C28H29ClN2O3S. The Morgan fingerprint density at radius 2 is 1.86 bits per heavy atom. The van der Waals surface area contributed by atoms with Gasteiger partial charge in [-0.1, -0.05) is 47.5 Å². The van der Waals surface area contributed by atoms with E-state index < -0.39 is 0 Å². The van der Waals surface area contributed by atoms with Gasteiger partial charge in [-0.05, 0) is 67.8 Å². The number of benzene rings is 3. The number of allylic oxidation sites excluding steroid dienone is 1. The van der Waals surface area contributed by atoms with E-state index in [-0.39, 0.29) is 11.7 Å². The van der Waals surface area contributed by atoms with Gasteiger partial charge in [0.1, 0.15) is 6.61 Å². The van der Waals surface area contributed by atoms with Crippen molar-refractivity contribution in [1.29, 1.82) is 0 Å². The van der Waals surface area contributed by atoms with Crippen LogP contribution >= 0.6 is 23.4 Å². The lowest BCUT2D eigenvalue weighted by Gasteiger charge is -2.17. The molecule has 7 heteroatoms. The van der Waals surface area contributed by atoms with E-state index in [0.717, 1.165) is 21.6 Å². The first-order valence-corrected chi connectivity index (χ1v) is 12.6. The van der Waals surface area contributed by atoms with E-state index >= 15 is 0 Å². The van der Waals surface area contributed by atoms with Gasteiger partial charge >= 0.3 is 0 Å². The molecule has 0 radical (unpaired) electrons. The summed E-state index contributed by atoms with van der Waals surface area (Å²) >= 11 is 7.31. The van der Waals surface area contributed by atoms with Crippen LogP contribution in [0.25, 0.3) is 0 Å². The number of hydrazone groups is 1. The van der Waals surface area contributed by atoms with E-state index in [1.807, 2.05) is 37.3 Å². The van der Waals surface area contributed by atoms with Gasteiger partial charge in [-0.25, -0.2) is 5.43 Å². The van der Waals surface area contributed by atoms with Crippen LogP contribution in [0.3, 0.4) is 0 Å². The third kappa shape index (κ3) is 8.50. The number of hydrogen-bond donors (Lipinski definition) is 1. The quantitative estimate of drug-likeness (QED) is 0.130. The number of rotatable bonds is 12. The first-order valence-electron chi connectivity index (χ1n) is 11.3. The molecule has 0 saturated carbocycles. The summed E-state index contributed by atoms with van der Waals surface area (Å²) in [6, 6.07) is 19.4. The van der Waals surface area contributed by atoms with Gasteiger partial charge in [0.15, 0.2) is 11.5 Å². The number of carbonyl (C=O) groups excluding carboxylic acids is 1. The monoisotopic (exact) mass is 508 g/mol. The lowest BCUT2D eigenvalue weighted by Crippen LogP contribution is -2.19. The lowest BCUT2D eigenvalue weighted by atomic mass is 10.1. The molecule has 0 fully saturated rings. The van der Waals surface area contributed by atoms with E-state index in [1.165, 1.54) is 17.3 Å². The van der Waals surface area contributed by atoms with Crippen molar-refractivity contribution < 1.29 is 14.3 Å². The van der Waals surface area contributed by atoms with E-state index in [2.05, 4.69) is 48.3 Å². The fourth-order valence-electron chi connectivity index (χ4n) is 3.22. The number of nitrogens with one attached hydrogen (secondary N) is 1. The topological polar surface area (TPSA) is 59.9 Å². The molecule has 0 unspecified atom stereocenters. The molecule has 0 saturated heterocycles. The fraction of sp³-hybridized carbons (Fsp3) is 0.214. The van der Waals surface area contributed by atoms with Crippen LogP contribution < -0.4 is 14.9 Å². The Morgan fingerprint density at radius 3 is 2.54 bits per heavy atom. The molecule has 0 aromatic heterocycles. The first kappa shape index (κ1) is 26.4. The van der Waals surface area contributed by atoms with Gasteiger partial charge in [0.25, 0.3) is 0 Å². The van der Waals surface area contributed by atoms with Gasteiger partial charge in [0, 0.05) is 15.5 Å². The normalized spacial score (nSPS) is 10.8. The smallest absolute Gasteiger partial charge is 0.250 e. The molecule has 0 aliphatic rings. The van der Waals surface area contributed by atoms with Crippen molar-refractivity contribution >= 4 is 35.5 Å². The van der Waals surface area contributed by atoms with Crippen molar-refractivity contribution in [2.75, 3.05) is 12.4 Å². The average Bonchev–Trinajstić information content (AvgIpc) is 2.85. The van der Waals surface area contributed by atoms with Gasteiger partial charge in [0.05, 0.1) is 18.6 Å². The van der Waals surface area contributed by atoms with Crippen LogP contribution in [-0.2, 0) is 17.8 Å². The molecule has 3 rings (SSSR count). The highest BCUT2D eigenvalue weighted by Gasteiger charge is 2.13. The van der Waals surface area contributed by atoms with Gasteiger partial charge in [-0.15, -0.1) is 18.3 Å². The predicted octanol–water partition coefficient (Wildman–Crippen LogP) is 6.60. The summed E-state index contributed by atoms with van der Waals surface area (Å²) in [6.45, 7) is 8.78. The standard InChI is InChI=1S/C28H29ClN2O3S/c1-4-6-23-15-22(17-30-31-27(32)19-35-25-13-11-24(29)12-14-25)16-26(33-5-2)28(23)34-18-21-9-7-20(3)8-10-21/h4,7-17H,1,5-6,18-19H2,2-3H3,(H,31,32)/b30-17-. The van der Waals surface area contributed by atoms with E-state index in [0.29, 0.717) is 36.2 Å². The second kappa shape index (κ2) is 13.6. The minimum absolute atomic E-state index is 0.199. The van der Waals surface area contributed by atoms with Crippen molar-refractivity contribution in [2.24, 2.45) is 5.10 Å². The highest BCUT2D eigenvalue weighted by molar-refractivity contribution is 8.00. The predicted molar refractivity (Wildman–Crippen MR) is 145 cm³/mol. The van der Waals surface area contributed by atoms with Crippen LogP contribution in [0.1, 0.15) is 29.2 Å². The number of amides is 1. The molecular weight excluding hydrogens is 480 g/mol. The second-order valence-electron chi connectivity index (χ2n) is 7.74. The van der Waals surface area contributed by atoms with Crippen molar-refractivity contribution in [3.63, 3.8) is 0 Å². The molecule has 0 bridgehead atoms. The first-order chi connectivity index (χ1) is 17.0. The summed E-state index contributed by atoms with van der Waals surface area (Å²) in [5.74, 6) is 1.37. The Balaban J connectivity index is 1.68. The number of aryl methyl sites for hydroxylation is 1. The van der Waals surface area contributed by atoms with Crippen LogP contribution in [0, 0.1) is 6.92 Å². The van der Waals surface area contributed by atoms with Crippen molar-refractivity contribution in [3.05, 3.63) is 101 Å². The third-order valence-corrected chi connectivity index (χ3v) is 6.17. The summed E-state index contributed by atoms with van der Waals surface area (Å²) in [6.07, 6.45) is 4.03. The maximum atomic E-state index is 12.2. The molecule has 35 heavy (non-hydrogen) atoms. The molecule has 1 N–H and O–H groups in total. The number of thioether (sulfide) groups is 1. The minimum atomic E-state index is -0.199. The maximum absolute atomic E-state index is 12.2. The summed E-state index contributed by atoms with van der Waals surface area (Å²) in [5.41, 5.74) is 6.58. The van der Waals surface area contributed by atoms with E-state index in [4.69, 9.17) is 21.1 Å². The SMILES string of the molecule is C=CCc1cc(/C=N\NC(=O)CSc2ccc(Cl)cc2)cc(OCC)c1OCc1ccc(C)cc1. The van der Waals surface area contributed by atoms with E-state index in [1.54, 1.807) is 18.3 Å². The van der Waals surface area contributed by atoms with Crippen molar-refractivity contribution in [3.8, 4) is 11.5 Å². The Morgan fingerprint density at radius 1 is 1.11 bits per heavy atom. The molecule has 0 spiro atoms. The summed E-state index contributed by atoms with van der Waals surface area (Å²) in [4.78, 5) is 13.1. The zero-order valence-corrected chi connectivity index (χ0v) is 21.5. The van der Waals surface area contributed by atoms with Crippen molar-refractivity contribution in [2.45, 2.75) is 31.8 Å². The molecule has 182 valence electrons. The molecule has 0 heterocycles. The molecule has 5 nitrogen and oxygen atoms in total. The molecule has 3 aromatic carbocycles. The number of nitrogens with zero attached hydrogens (tertiary/aromatic N) is 1. The fourth-order valence-corrected chi connectivity index (χ4v) is 4.04. The van der Waals surface area contributed by atoms with Gasteiger partial charge < -0.3 is 9.47 Å². The highest BCUT2D eigenvalue weighted by Crippen LogP contribution is 2.34. The Labute approximate surface area is 216 Å². The number of hydrogen-bond acceptors (Lipinski definition) is 5. The molecule has 0 aliphatic carbocycles. The Bertz CT molecular complexity index is 1160. The summed E-state index contributed by atoms with van der Waals surface area (Å²) in [7, 11) is 0. The van der Waals surface area contributed by atoms with E-state index in [9.17, 15) is 4.79 Å². The number of carbonyl (C=O) groups is 1. The van der Waals surface area contributed by atoms with Crippen LogP contribution in [-0.4, -0.2) is 24.5 Å². The molecule has 1 amide bonds. The zero-order chi connectivity index (χ0) is 25.0. The van der Waals surface area contributed by atoms with Gasteiger partial charge in [-0.2, -0.15) is 5.10 Å². The van der Waals surface area contributed by atoms with Crippen LogP contribution in [0.15, 0.2) is 83.3 Å². The minimum Gasteiger partial charge on any atom is -0.490 e. The molecule has 0 aliphatic heterocycles. The zero-order valence-electron chi connectivity index (χ0n) is 19.9. The third-order valence-electron chi connectivity index (χ3n) is 4.91. The van der Waals surface area contributed by atoms with Crippen LogP contribution in [0.2, 0.25) is 5.02 Å². The largest absolute Gasteiger partial charge is 0.490 e. The Kier molecular flexibility index (Phi) is 10.3. The number of halogens is 1. The molecule has 0 atom stereocenters. The van der Waals surface area contributed by atoms with Gasteiger partial charge in [0.2, 0.25) is 5.91 Å². The summed E-state index contributed by atoms with van der Waals surface area (Å²) < 4.78 is 12.1. The van der Waals surface area contributed by atoms with Crippen molar-refractivity contribution in [1.82, 2.24) is 5.43 Å². The maximum Gasteiger partial charge on any atom is 0.250 e. The number of ether oxygens (including phenoxy) is 2. The van der Waals surface area contributed by atoms with Crippen LogP contribution in [0.4, 0.5) is 0 Å².